The molecule has 0 aliphatic rings. The quantitative estimate of drug-likeness (QED) is 0.767. The molecule has 6 heteroatoms. The van der Waals surface area contributed by atoms with E-state index in [0.717, 1.165) is 11.3 Å². The van der Waals surface area contributed by atoms with E-state index in [2.05, 4.69) is 9.97 Å². The van der Waals surface area contributed by atoms with Crippen molar-refractivity contribution in [2.75, 3.05) is 0 Å². The van der Waals surface area contributed by atoms with Crippen LogP contribution in [0, 0.1) is 6.92 Å². The summed E-state index contributed by atoms with van der Waals surface area (Å²) in [6.45, 7) is 2.14. The second-order valence-electron chi connectivity index (χ2n) is 4.79. The average Bonchev–Trinajstić information content (AvgIpc) is 2.77. The van der Waals surface area contributed by atoms with Crippen LogP contribution >= 0.6 is 0 Å². The van der Waals surface area contributed by atoms with Crippen molar-refractivity contribution < 1.29 is 9.90 Å². The summed E-state index contributed by atoms with van der Waals surface area (Å²) in [5, 5.41) is 9.29. The number of hydrogen-bond donors (Lipinski definition) is 2. The third kappa shape index (κ3) is 2.20. The van der Waals surface area contributed by atoms with Gasteiger partial charge < -0.3 is 10.1 Å². The van der Waals surface area contributed by atoms with Crippen molar-refractivity contribution in [2.24, 2.45) is 0 Å². The maximum Gasteiger partial charge on any atom is 0.337 e. The van der Waals surface area contributed by atoms with E-state index in [1.54, 1.807) is 18.3 Å². The molecule has 1 aromatic carbocycles. The summed E-state index contributed by atoms with van der Waals surface area (Å²) in [7, 11) is 0. The number of aromatic nitrogens is 3. The molecule has 0 aliphatic heterocycles. The molecule has 0 radical (unpaired) electrons. The number of imidazole rings is 1. The minimum absolute atomic E-state index is 0.0967. The molecule has 0 amide bonds. The van der Waals surface area contributed by atoms with Gasteiger partial charge in [0.05, 0.1) is 28.8 Å². The summed E-state index contributed by atoms with van der Waals surface area (Å²) >= 11 is 0. The van der Waals surface area contributed by atoms with Crippen molar-refractivity contribution in [1.82, 2.24) is 14.5 Å². The Hall–Kier alpha value is -2.89. The number of H-pyrrole nitrogens is 1. The Balaban J connectivity index is 2.23. The largest absolute Gasteiger partial charge is 0.478 e. The second-order valence-corrected chi connectivity index (χ2v) is 4.79. The average molecular weight is 283 g/mol. The first-order valence-corrected chi connectivity index (χ1v) is 6.43. The third-order valence-electron chi connectivity index (χ3n) is 3.45. The molecular formula is C15H13N3O3. The number of rotatable bonds is 3. The van der Waals surface area contributed by atoms with Crippen LogP contribution in [0.2, 0.25) is 0 Å². The van der Waals surface area contributed by atoms with E-state index < -0.39 is 5.97 Å². The molecule has 3 aromatic rings. The number of aromatic amines is 1. The van der Waals surface area contributed by atoms with Crippen molar-refractivity contribution in [2.45, 2.75) is 13.5 Å². The highest BCUT2D eigenvalue weighted by molar-refractivity contribution is 6.01. The lowest BCUT2D eigenvalue weighted by Crippen LogP contribution is -2.19. The maximum atomic E-state index is 12.1. The summed E-state index contributed by atoms with van der Waals surface area (Å²) in [5.74, 6) is -1.06. The van der Waals surface area contributed by atoms with E-state index in [-0.39, 0.29) is 17.8 Å². The van der Waals surface area contributed by atoms with E-state index in [9.17, 15) is 14.7 Å². The van der Waals surface area contributed by atoms with Crippen molar-refractivity contribution in [1.29, 1.82) is 0 Å². The molecule has 0 bridgehead atoms. The maximum absolute atomic E-state index is 12.1. The van der Waals surface area contributed by atoms with Gasteiger partial charge in [-0.25, -0.2) is 9.59 Å². The zero-order chi connectivity index (χ0) is 15.0. The molecule has 0 unspecified atom stereocenters. The number of aryl methyl sites for hydroxylation is 1. The van der Waals surface area contributed by atoms with Crippen molar-refractivity contribution in [3.63, 3.8) is 0 Å². The zero-order valence-corrected chi connectivity index (χ0v) is 11.3. The number of fused-ring (bicyclic) bond motifs is 1. The summed E-state index contributed by atoms with van der Waals surface area (Å²) in [6, 6.07) is 8.50. The molecule has 106 valence electrons. The van der Waals surface area contributed by atoms with Crippen LogP contribution in [0.5, 0.6) is 0 Å². The fraction of sp³-hybridized carbons (Fsp3) is 0.133. The Labute approximate surface area is 119 Å². The highest BCUT2D eigenvalue weighted by Crippen LogP contribution is 2.17. The molecule has 3 rings (SSSR count). The standard InChI is InChI=1S/C15H13N3O3/c1-9-4-3-7-16-12(9)8-18-13-10(14(19)20)5-2-6-11(13)17-15(18)21/h2-7H,8H2,1H3,(H,17,21)(H,19,20). The molecule has 0 atom stereocenters. The highest BCUT2D eigenvalue weighted by Gasteiger charge is 2.16. The molecule has 0 saturated carbocycles. The van der Waals surface area contributed by atoms with Gasteiger partial charge in [0.1, 0.15) is 0 Å². The normalized spacial score (nSPS) is 10.9. The predicted molar refractivity (Wildman–Crippen MR) is 77.6 cm³/mol. The number of carboxylic acid groups (broad SMARTS) is 1. The first-order chi connectivity index (χ1) is 10.1. The minimum Gasteiger partial charge on any atom is -0.478 e. The summed E-state index contributed by atoms with van der Waals surface area (Å²) in [4.78, 5) is 30.4. The van der Waals surface area contributed by atoms with Crippen molar-refractivity contribution >= 4 is 17.0 Å². The number of aromatic carboxylic acids is 1. The minimum atomic E-state index is -1.06. The lowest BCUT2D eigenvalue weighted by atomic mass is 10.1. The number of pyridine rings is 1. The van der Waals surface area contributed by atoms with Gasteiger partial charge in [-0.3, -0.25) is 9.55 Å². The van der Waals surface area contributed by atoms with E-state index in [1.165, 1.54) is 10.6 Å². The Morgan fingerprint density at radius 3 is 2.86 bits per heavy atom. The summed E-state index contributed by atoms with van der Waals surface area (Å²) < 4.78 is 1.41. The van der Waals surface area contributed by atoms with Gasteiger partial charge in [0, 0.05) is 6.20 Å². The number of benzene rings is 1. The Morgan fingerprint density at radius 2 is 2.14 bits per heavy atom. The van der Waals surface area contributed by atoms with Gasteiger partial charge in [0.25, 0.3) is 0 Å². The van der Waals surface area contributed by atoms with Gasteiger partial charge in [-0.2, -0.15) is 0 Å². The molecule has 21 heavy (non-hydrogen) atoms. The summed E-state index contributed by atoms with van der Waals surface area (Å²) in [6.07, 6.45) is 1.65. The van der Waals surface area contributed by atoms with E-state index in [0.29, 0.717) is 11.0 Å². The molecule has 2 N–H and O–H groups in total. The SMILES string of the molecule is Cc1cccnc1Cn1c(=O)[nH]c2cccc(C(=O)O)c21. The molecular weight excluding hydrogens is 270 g/mol. The number of nitrogens with one attached hydrogen (secondary N) is 1. The van der Waals surface area contributed by atoms with Crippen LogP contribution in [-0.4, -0.2) is 25.6 Å². The number of nitrogens with zero attached hydrogens (tertiary/aromatic N) is 2. The number of para-hydroxylation sites is 1. The van der Waals surface area contributed by atoms with Crippen molar-refractivity contribution in [3.8, 4) is 0 Å². The molecule has 2 aromatic heterocycles. The molecule has 0 aliphatic carbocycles. The van der Waals surface area contributed by atoms with Gasteiger partial charge >= 0.3 is 11.7 Å². The molecule has 0 fully saturated rings. The van der Waals surface area contributed by atoms with Gasteiger partial charge in [-0.15, -0.1) is 0 Å². The van der Waals surface area contributed by atoms with Crippen LogP contribution in [0.1, 0.15) is 21.6 Å². The number of hydrogen-bond acceptors (Lipinski definition) is 3. The smallest absolute Gasteiger partial charge is 0.337 e. The van der Waals surface area contributed by atoms with Crippen LogP contribution in [-0.2, 0) is 6.54 Å². The lowest BCUT2D eigenvalue weighted by molar-refractivity contribution is 0.0698. The Morgan fingerprint density at radius 1 is 1.33 bits per heavy atom. The van der Waals surface area contributed by atoms with Crippen LogP contribution in [0.25, 0.3) is 11.0 Å². The first kappa shape index (κ1) is 13.1. The van der Waals surface area contributed by atoms with Crippen LogP contribution < -0.4 is 5.69 Å². The molecule has 0 saturated heterocycles. The third-order valence-corrected chi connectivity index (χ3v) is 3.45. The van der Waals surface area contributed by atoms with Crippen molar-refractivity contribution in [3.05, 3.63) is 63.8 Å². The molecule has 0 spiro atoms. The van der Waals surface area contributed by atoms with Crippen LogP contribution in [0.15, 0.2) is 41.3 Å². The Kier molecular flexibility index (Phi) is 3.06. The number of carbonyl (C=O) groups is 1. The molecule has 2 heterocycles. The fourth-order valence-corrected chi connectivity index (χ4v) is 2.38. The highest BCUT2D eigenvalue weighted by atomic mass is 16.4. The van der Waals surface area contributed by atoms with Crippen LogP contribution in [0.4, 0.5) is 0 Å². The fourth-order valence-electron chi connectivity index (χ4n) is 2.38. The first-order valence-electron chi connectivity index (χ1n) is 6.43. The van der Waals surface area contributed by atoms with E-state index in [1.807, 2.05) is 19.1 Å². The second kappa shape index (κ2) is 4.90. The summed E-state index contributed by atoms with van der Waals surface area (Å²) in [5.41, 5.74) is 2.34. The molecule has 6 nitrogen and oxygen atoms in total. The van der Waals surface area contributed by atoms with Gasteiger partial charge in [-0.1, -0.05) is 12.1 Å². The number of carboxylic acids is 1. The van der Waals surface area contributed by atoms with Gasteiger partial charge in [-0.05, 0) is 30.7 Å². The van der Waals surface area contributed by atoms with Gasteiger partial charge in [0.15, 0.2) is 0 Å². The van der Waals surface area contributed by atoms with Crippen LogP contribution in [0.3, 0.4) is 0 Å². The Bertz CT molecular complexity index is 893. The lowest BCUT2D eigenvalue weighted by Gasteiger charge is -2.07. The van der Waals surface area contributed by atoms with Gasteiger partial charge in [0.2, 0.25) is 0 Å². The topological polar surface area (TPSA) is 88.0 Å². The van der Waals surface area contributed by atoms with E-state index >= 15 is 0 Å². The zero-order valence-electron chi connectivity index (χ0n) is 11.3. The monoisotopic (exact) mass is 283 g/mol. The predicted octanol–water partition coefficient (Wildman–Crippen LogP) is 1.78. The van der Waals surface area contributed by atoms with E-state index in [4.69, 9.17) is 0 Å².